The van der Waals surface area contributed by atoms with Crippen LogP contribution in [0.4, 0.5) is 0 Å². The molecule has 1 aromatic heterocycles. The van der Waals surface area contributed by atoms with Crippen LogP contribution in [0.2, 0.25) is 0 Å². The van der Waals surface area contributed by atoms with Gasteiger partial charge in [-0.3, -0.25) is 4.79 Å². The third-order valence-electron chi connectivity index (χ3n) is 3.35. The molecule has 0 saturated carbocycles. The van der Waals surface area contributed by atoms with Crippen molar-refractivity contribution in [3.63, 3.8) is 0 Å². The number of benzene rings is 1. The molecule has 0 radical (unpaired) electrons. The van der Waals surface area contributed by atoms with Gasteiger partial charge in [0.2, 0.25) is 5.91 Å². The molecule has 24 heavy (non-hydrogen) atoms. The number of carbonyl (C=O) groups is 1. The summed E-state index contributed by atoms with van der Waals surface area (Å²) in [5.41, 5.74) is 1.78. The average molecular weight is 346 g/mol. The van der Waals surface area contributed by atoms with Crippen molar-refractivity contribution in [3.8, 4) is 11.5 Å². The van der Waals surface area contributed by atoms with Crippen LogP contribution in [0.3, 0.4) is 0 Å². The van der Waals surface area contributed by atoms with E-state index in [2.05, 4.69) is 4.98 Å². The zero-order valence-electron chi connectivity index (χ0n) is 14.4. The first-order valence-corrected chi connectivity index (χ1v) is 8.56. The molecule has 0 aliphatic carbocycles. The van der Waals surface area contributed by atoms with Crippen molar-refractivity contribution < 1.29 is 14.3 Å². The lowest BCUT2D eigenvalue weighted by atomic mass is 10.2. The van der Waals surface area contributed by atoms with Gasteiger partial charge in [0.15, 0.2) is 11.5 Å². The summed E-state index contributed by atoms with van der Waals surface area (Å²) in [6.07, 6.45) is 3.32. The SMILES string of the molecule is CCOc1ccc(C=CC(=O)N(C)Cc2csc(C)n2)cc1OC. The average Bonchev–Trinajstić information content (AvgIpc) is 2.98. The Hall–Kier alpha value is -2.34. The van der Waals surface area contributed by atoms with Crippen LogP contribution in [0.15, 0.2) is 29.7 Å². The maximum absolute atomic E-state index is 12.2. The van der Waals surface area contributed by atoms with Crippen LogP contribution in [0.1, 0.15) is 23.2 Å². The van der Waals surface area contributed by atoms with Crippen molar-refractivity contribution in [3.05, 3.63) is 45.9 Å². The van der Waals surface area contributed by atoms with Gasteiger partial charge in [-0.25, -0.2) is 4.98 Å². The molecule has 0 fully saturated rings. The van der Waals surface area contributed by atoms with E-state index >= 15 is 0 Å². The zero-order valence-corrected chi connectivity index (χ0v) is 15.2. The maximum atomic E-state index is 12.2. The number of methoxy groups -OCH3 is 1. The molecule has 128 valence electrons. The summed E-state index contributed by atoms with van der Waals surface area (Å²) < 4.78 is 10.8. The second-order valence-electron chi connectivity index (χ2n) is 5.23. The van der Waals surface area contributed by atoms with Crippen LogP contribution in [-0.4, -0.2) is 36.6 Å². The van der Waals surface area contributed by atoms with Gasteiger partial charge in [0.05, 0.1) is 31.0 Å². The van der Waals surface area contributed by atoms with Crippen LogP contribution >= 0.6 is 11.3 Å². The summed E-state index contributed by atoms with van der Waals surface area (Å²) in [7, 11) is 3.36. The predicted molar refractivity (Wildman–Crippen MR) is 96.5 cm³/mol. The third-order valence-corrected chi connectivity index (χ3v) is 4.17. The fraction of sp³-hybridized carbons (Fsp3) is 0.333. The number of hydrogen-bond donors (Lipinski definition) is 0. The highest BCUT2D eigenvalue weighted by Crippen LogP contribution is 2.28. The van der Waals surface area contributed by atoms with E-state index < -0.39 is 0 Å². The molecule has 0 saturated heterocycles. The van der Waals surface area contributed by atoms with Crippen molar-refractivity contribution in [1.82, 2.24) is 9.88 Å². The number of hydrogen-bond acceptors (Lipinski definition) is 5. The molecule has 0 unspecified atom stereocenters. The molecule has 0 N–H and O–H groups in total. The van der Waals surface area contributed by atoms with Crippen molar-refractivity contribution in [1.29, 1.82) is 0 Å². The van der Waals surface area contributed by atoms with Crippen molar-refractivity contribution in [2.45, 2.75) is 20.4 Å². The van der Waals surface area contributed by atoms with Gasteiger partial charge in [-0.15, -0.1) is 11.3 Å². The van der Waals surface area contributed by atoms with Gasteiger partial charge in [0.1, 0.15) is 0 Å². The van der Waals surface area contributed by atoms with Crippen molar-refractivity contribution >= 4 is 23.3 Å². The third kappa shape index (κ3) is 4.83. The van der Waals surface area contributed by atoms with E-state index in [1.165, 1.54) is 0 Å². The highest BCUT2D eigenvalue weighted by atomic mass is 32.1. The number of likely N-dealkylation sites (N-methyl/N-ethyl adjacent to an activating group) is 1. The lowest BCUT2D eigenvalue weighted by Crippen LogP contribution is -2.24. The molecule has 1 aromatic carbocycles. The van der Waals surface area contributed by atoms with Crippen LogP contribution in [0.5, 0.6) is 11.5 Å². The van der Waals surface area contributed by atoms with Crippen molar-refractivity contribution in [2.24, 2.45) is 0 Å². The van der Waals surface area contributed by atoms with E-state index in [9.17, 15) is 4.79 Å². The van der Waals surface area contributed by atoms with Gasteiger partial charge < -0.3 is 14.4 Å². The smallest absolute Gasteiger partial charge is 0.246 e. The lowest BCUT2D eigenvalue weighted by Gasteiger charge is -2.13. The largest absolute Gasteiger partial charge is 0.493 e. The highest BCUT2D eigenvalue weighted by Gasteiger charge is 2.08. The summed E-state index contributed by atoms with van der Waals surface area (Å²) in [5.74, 6) is 1.27. The first-order chi connectivity index (χ1) is 11.5. The Bertz CT molecular complexity index is 725. The Morgan fingerprint density at radius 1 is 1.38 bits per heavy atom. The number of aryl methyl sites for hydroxylation is 1. The number of amides is 1. The van der Waals surface area contributed by atoms with E-state index in [4.69, 9.17) is 9.47 Å². The van der Waals surface area contributed by atoms with E-state index in [1.54, 1.807) is 42.5 Å². The minimum Gasteiger partial charge on any atom is -0.493 e. The second-order valence-corrected chi connectivity index (χ2v) is 6.29. The van der Waals surface area contributed by atoms with Crippen LogP contribution in [0.25, 0.3) is 6.08 Å². The number of rotatable bonds is 7. The van der Waals surface area contributed by atoms with E-state index in [-0.39, 0.29) is 5.91 Å². The molecule has 0 aliphatic heterocycles. The summed E-state index contributed by atoms with van der Waals surface area (Å²) >= 11 is 1.58. The van der Waals surface area contributed by atoms with Gasteiger partial charge in [-0.05, 0) is 37.6 Å². The molecule has 0 atom stereocenters. The molecular formula is C18H22N2O3S. The molecule has 0 spiro atoms. The summed E-state index contributed by atoms with van der Waals surface area (Å²) in [4.78, 5) is 18.2. The Kier molecular flexibility index (Phi) is 6.37. The van der Waals surface area contributed by atoms with Crippen LogP contribution < -0.4 is 9.47 Å². The highest BCUT2D eigenvalue weighted by molar-refractivity contribution is 7.09. The van der Waals surface area contributed by atoms with Gasteiger partial charge >= 0.3 is 0 Å². The minimum atomic E-state index is -0.0755. The standard InChI is InChI=1S/C18H22N2O3S/c1-5-23-16-8-6-14(10-17(16)22-4)7-9-18(21)20(3)11-15-12-24-13(2)19-15/h6-10,12H,5,11H2,1-4H3. The maximum Gasteiger partial charge on any atom is 0.246 e. The van der Waals surface area contributed by atoms with Gasteiger partial charge in [-0.2, -0.15) is 0 Å². The van der Waals surface area contributed by atoms with E-state index in [0.717, 1.165) is 16.3 Å². The number of aromatic nitrogens is 1. The van der Waals surface area contributed by atoms with E-state index in [1.807, 2.05) is 37.4 Å². The molecule has 1 heterocycles. The molecule has 1 amide bonds. The van der Waals surface area contributed by atoms with Crippen molar-refractivity contribution in [2.75, 3.05) is 20.8 Å². The predicted octanol–water partition coefficient (Wildman–Crippen LogP) is 3.53. The monoisotopic (exact) mass is 346 g/mol. The van der Waals surface area contributed by atoms with Gasteiger partial charge in [0, 0.05) is 18.5 Å². The Morgan fingerprint density at radius 2 is 2.17 bits per heavy atom. The lowest BCUT2D eigenvalue weighted by molar-refractivity contribution is -0.125. The normalized spacial score (nSPS) is 10.8. The van der Waals surface area contributed by atoms with Gasteiger partial charge in [0.25, 0.3) is 0 Å². The minimum absolute atomic E-state index is 0.0755. The Balaban J connectivity index is 2.02. The number of ether oxygens (including phenoxy) is 2. The zero-order chi connectivity index (χ0) is 17.5. The molecule has 0 bridgehead atoms. The fourth-order valence-electron chi connectivity index (χ4n) is 2.16. The molecule has 5 nitrogen and oxygen atoms in total. The van der Waals surface area contributed by atoms with Crippen LogP contribution in [0, 0.1) is 6.92 Å². The number of thiazole rings is 1. The summed E-state index contributed by atoms with van der Waals surface area (Å²) in [5, 5.41) is 2.98. The fourth-order valence-corrected chi connectivity index (χ4v) is 2.76. The Labute approximate surface area is 146 Å². The molecule has 2 rings (SSSR count). The summed E-state index contributed by atoms with van der Waals surface area (Å²) in [6, 6.07) is 5.58. The second kappa shape index (κ2) is 8.49. The molecule has 0 aliphatic rings. The van der Waals surface area contributed by atoms with E-state index in [0.29, 0.717) is 24.7 Å². The quantitative estimate of drug-likeness (QED) is 0.720. The van der Waals surface area contributed by atoms with Crippen LogP contribution in [-0.2, 0) is 11.3 Å². The van der Waals surface area contributed by atoms with Gasteiger partial charge in [-0.1, -0.05) is 6.07 Å². The number of carbonyl (C=O) groups excluding carboxylic acids is 1. The first-order valence-electron chi connectivity index (χ1n) is 7.68. The summed E-state index contributed by atoms with van der Waals surface area (Å²) in [6.45, 7) is 4.95. The molecular weight excluding hydrogens is 324 g/mol. The number of nitrogens with zero attached hydrogens (tertiary/aromatic N) is 2. The Morgan fingerprint density at radius 3 is 2.79 bits per heavy atom. The molecule has 2 aromatic rings. The molecule has 6 heteroatoms. The topological polar surface area (TPSA) is 51.7 Å². The first kappa shape index (κ1) is 18.0.